The van der Waals surface area contributed by atoms with Crippen molar-refractivity contribution in [3.8, 4) is 34.3 Å². The van der Waals surface area contributed by atoms with Crippen molar-refractivity contribution in [3.05, 3.63) is 46.6 Å². The quantitative estimate of drug-likeness (QED) is 0.0986. The predicted octanol–water partition coefficient (Wildman–Crippen LogP) is -4.31. The van der Waals surface area contributed by atoms with Crippen molar-refractivity contribution < 1.29 is 94.1 Å². The van der Waals surface area contributed by atoms with Crippen LogP contribution in [0.1, 0.15) is 0 Å². The molecule has 0 amide bonds. The lowest BCUT2D eigenvalue weighted by atomic mass is 9.99. The van der Waals surface area contributed by atoms with Gasteiger partial charge in [0.25, 0.3) is 0 Å². The molecule has 20 nitrogen and oxygen atoms in total. The van der Waals surface area contributed by atoms with Crippen LogP contribution in [-0.4, -0.2) is 167 Å². The molecule has 3 saturated heterocycles. The highest BCUT2D eigenvalue weighted by Crippen LogP contribution is 2.38. The molecule has 52 heavy (non-hydrogen) atoms. The molecule has 20 heteroatoms. The lowest BCUT2D eigenvalue weighted by molar-refractivity contribution is -0.307. The van der Waals surface area contributed by atoms with Gasteiger partial charge in [0.05, 0.1) is 19.8 Å². The maximum absolute atomic E-state index is 14.0. The van der Waals surface area contributed by atoms with Gasteiger partial charge in [0.15, 0.2) is 12.1 Å². The summed E-state index contributed by atoms with van der Waals surface area (Å²) in [5.41, 5.74) is -1.26. The molecule has 0 spiro atoms. The monoisotopic (exact) mass is 742 g/mol. The Labute approximate surface area is 292 Å². The molecule has 0 aliphatic carbocycles. The second kappa shape index (κ2) is 15.3. The molecule has 0 unspecified atom stereocenters. The Morgan fingerprint density at radius 3 is 1.94 bits per heavy atom. The number of benzene rings is 2. The first-order valence-electron chi connectivity index (χ1n) is 15.9. The Kier molecular flexibility index (Phi) is 11.2. The summed E-state index contributed by atoms with van der Waals surface area (Å²) in [6, 6.07) is 7.20. The van der Waals surface area contributed by atoms with Crippen LogP contribution in [0.3, 0.4) is 0 Å². The standard InChI is InChI=1S/C32H38O20/c33-7-16-20(38)23(41)26(44)31(50-16)48-12-5-13(35)18-15(6-12)49-28(10-1-3-11(34)4-2-10)29(22(18)40)52-32-27(45)24(42)21(39)17(51-32)9-47-30-25(43)19(37)14(36)8-46-30/h1-6,14,16-17,19-21,23-27,30-39,41-45H,7-9H2/t14-,16-,17-,19+,20-,21-,23+,24+,25-,26-,27-,30+,31-,32+/m0/s1. The summed E-state index contributed by atoms with van der Waals surface area (Å²) < 4.78 is 38.9. The van der Waals surface area contributed by atoms with E-state index in [4.69, 9.17) is 32.8 Å². The van der Waals surface area contributed by atoms with E-state index in [-0.39, 0.29) is 28.4 Å². The minimum atomic E-state index is -1.99. The van der Waals surface area contributed by atoms with E-state index < -0.39 is 128 Å². The third kappa shape index (κ3) is 7.27. The summed E-state index contributed by atoms with van der Waals surface area (Å²) in [5, 5.41) is 122. The number of aromatic hydroxyl groups is 2. The van der Waals surface area contributed by atoms with Gasteiger partial charge >= 0.3 is 0 Å². The average Bonchev–Trinajstić information content (AvgIpc) is 3.12. The number of hydrogen-bond acceptors (Lipinski definition) is 20. The average molecular weight is 743 g/mol. The number of phenolic OH excluding ortho intramolecular Hbond substituents is 2. The summed E-state index contributed by atoms with van der Waals surface area (Å²) >= 11 is 0. The predicted molar refractivity (Wildman–Crippen MR) is 167 cm³/mol. The van der Waals surface area contributed by atoms with Crippen LogP contribution in [0.5, 0.6) is 23.0 Å². The van der Waals surface area contributed by atoms with Gasteiger partial charge in [-0.15, -0.1) is 0 Å². The lowest BCUT2D eigenvalue weighted by Gasteiger charge is -2.41. The third-order valence-electron chi connectivity index (χ3n) is 8.92. The van der Waals surface area contributed by atoms with E-state index in [0.717, 1.165) is 12.1 Å². The van der Waals surface area contributed by atoms with Crippen LogP contribution >= 0.6 is 0 Å². The minimum Gasteiger partial charge on any atom is -0.508 e. The molecule has 286 valence electrons. The third-order valence-corrected chi connectivity index (χ3v) is 8.92. The van der Waals surface area contributed by atoms with E-state index in [1.165, 1.54) is 24.3 Å². The first-order valence-corrected chi connectivity index (χ1v) is 15.9. The molecule has 1 aromatic heterocycles. The summed E-state index contributed by atoms with van der Waals surface area (Å²) in [7, 11) is 0. The number of rotatable bonds is 9. The number of ether oxygens (including phenoxy) is 6. The molecule has 0 bridgehead atoms. The van der Waals surface area contributed by atoms with Gasteiger partial charge in [-0.05, 0) is 24.3 Å². The summed E-state index contributed by atoms with van der Waals surface area (Å²) in [6.45, 7) is -1.75. The highest BCUT2D eigenvalue weighted by atomic mass is 16.7. The molecule has 3 fully saturated rings. The van der Waals surface area contributed by atoms with Gasteiger partial charge in [-0.3, -0.25) is 4.79 Å². The smallest absolute Gasteiger partial charge is 0.239 e. The highest BCUT2D eigenvalue weighted by molar-refractivity contribution is 5.88. The second-order valence-corrected chi connectivity index (χ2v) is 12.5. The van der Waals surface area contributed by atoms with Crippen LogP contribution < -0.4 is 14.9 Å². The van der Waals surface area contributed by atoms with Crippen molar-refractivity contribution in [3.63, 3.8) is 0 Å². The zero-order chi connectivity index (χ0) is 37.6. The number of hydrogen-bond donors (Lipinski definition) is 12. The topological polar surface area (TPSA) is 328 Å². The van der Waals surface area contributed by atoms with Crippen LogP contribution in [0.25, 0.3) is 22.3 Å². The first-order chi connectivity index (χ1) is 24.7. The van der Waals surface area contributed by atoms with Gasteiger partial charge in [-0.2, -0.15) is 0 Å². The molecule has 3 aromatic rings. The van der Waals surface area contributed by atoms with E-state index in [2.05, 4.69) is 0 Å². The Balaban J connectivity index is 1.32. The maximum atomic E-state index is 14.0. The van der Waals surface area contributed by atoms with Crippen LogP contribution in [-0.2, 0) is 18.9 Å². The summed E-state index contributed by atoms with van der Waals surface area (Å²) in [5.74, 6) is -2.20. The maximum Gasteiger partial charge on any atom is 0.239 e. The zero-order valence-corrected chi connectivity index (χ0v) is 26.8. The SMILES string of the molecule is O=c1c(O[C@H]2O[C@@H](CO[C@H]3OC[C@H](O)[C@@H](O)[C@@H]3O)[C@H](O)[C@@H](O)[C@@H]2O)c(-c2ccc(O)cc2)oc2cc(O[C@H]3O[C@@H](CO)[C@H](O)[C@@H](O)[C@@H]3O)cc(O)c12. The fourth-order valence-corrected chi connectivity index (χ4v) is 5.92. The van der Waals surface area contributed by atoms with Crippen molar-refractivity contribution in [2.45, 2.75) is 86.0 Å². The molecular formula is C32H38O20. The normalized spacial score (nSPS) is 36.8. The highest BCUT2D eigenvalue weighted by Gasteiger charge is 2.48. The number of fused-ring (bicyclic) bond motifs is 1. The van der Waals surface area contributed by atoms with Crippen molar-refractivity contribution in [2.24, 2.45) is 0 Å². The van der Waals surface area contributed by atoms with Gasteiger partial charge in [-0.1, -0.05) is 0 Å². The molecule has 0 saturated carbocycles. The second-order valence-electron chi connectivity index (χ2n) is 12.5. The van der Waals surface area contributed by atoms with Crippen molar-refractivity contribution in [1.82, 2.24) is 0 Å². The molecule has 4 heterocycles. The molecule has 12 N–H and O–H groups in total. The number of aliphatic hydroxyl groups excluding tert-OH is 10. The molecule has 2 aromatic carbocycles. The molecular weight excluding hydrogens is 704 g/mol. The van der Waals surface area contributed by atoms with Gasteiger partial charge in [0, 0.05) is 17.7 Å². The van der Waals surface area contributed by atoms with Crippen LogP contribution in [0.4, 0.5) is 0 Å². The molecule has 3 aliphatic rings. The van der Waals surface area contributed by atoms with Gasteiger partial charge in [0.2, 0.25) is 23.8 Å². The fourth-order valence-electron chi connectivity index (χ4n) is 5.92. The van der Waals surface area contributed by atoms with Crippen molar-refractivity contribution in [1.29, 1.82) is 0 Å². The molecule has 6 rings (SSSR count). The molecule has 3 aliphatic heterocycles. The van der Waals surface area contributed by atoms with Gasteiger partial charge in [-0.25, -0.2) is 0 Å². The molecule has 0 radical (unpaired) electrons. The van der Waals surface area contributed by atoms with E-state index in [1.807, 2.05) is 0 Å². The van der Waals surface area contributed by atoms with Gasteiger partial charge in [0.1, 0.15) is 95.4 Å². The first kappa shape index (κ1) is 38.0. The van der Waals surface area contributed by atoms with E-state index in [9.17, 15) is 66.1 Å². The van der Waals surface area contributed by atoms with E-state index in [0.29, 0.717) is 0 Å². The van der Waals surface area contributed by atoms with E-state index in [1.54, 1.807) is 0 Å². The Morgan fingerprint density at radius 1 is 0.692 bits per heavy atom. The van der Waals surface area contributed by atoms with Crippen LogP contribution in [0.15, 0.2) is 45.6 Å². The van der Waals surface area contributed by atoms with Crippen LogP contribution in [0.2, 0.25) is 0 Å². The Bertz CT molecular complexity index is 1750. The number of aliphatic hydroxyl groups is 10. The minimum absolute atomic E-state index is 0.112. The Morgan fingerprint density at radius 2 is 1.29 bits per heavy atom. The van der Waals surface area contributed by atoms with E-state index >= 15 is 0 Å². The zero-order valence-electron chi connectivity index (χ0n) is 26.8. The Hall–Kier alpha value is -3.71. The summed E-state index contributed by atoms with van der Waals surface area (Å²) in [4.78, 5) is 14.0. The van der Waals surface area contributed by atoms with Crippen LogP contribution in [0, 0.1) is 0 Å². The largest absolute Gasteiger partial charge is 0.508 e. The fraction of sp³-hybridized carbons (Fsp3) is 0.531. The summed E-state index contributed by atoms with van der Waals surface area (Å²) in [6.07, 6.45) is -23.6. The number of phenols is 2. The van der Waals surface area contributed by atoms with Gasteiger partial charge < -0.3 is 94.1 Å². The lowest BCUT2D eigenvalue weighted by Crippen LogP contribution is -2.61. The van der Waals surface area contributed by atoms with Crippen molar-refractivity contribution >= 4 is 11.0 Å². The molecule has 14 atom stereocenters. The van der Waals surface area contributed by atoms with Crippen molar-refractivity contribution in [2.75, 3.05) is 19.8 Å².